The van der Waals surface area contributed by atoms with Gasteiger partial charge in [0.1, 0.15) is 10.7 Å². The zero-order valence-electron chi connectivity index (χ0n) is 14.0. The molecule has 0 saturated carbocycles. The molecule has 1 aliphatic rings. The number of hydrogen-bond donors (Lipinski definition) is 1. The van der Waals surface area contributed by atoms with Crippen LogP contribution in [-0.4, -0.2) is 21.5 Å². The predicted molar refractivity (Wildman–Crippen MR) is 106 cm³/mol. The summed E-state index contributed by atoms with van der Waals surface area (Å²) in [5, 5.41) is 15.5. The maximum Gasteiger partial charge on any atom is 0.269 e. The summed E-state index contributed by atoms with van der Waals surface area (Å²) in [5.41, 5.74) is 1.79. The number of anilines is 1. The summed E-state index contributed by atoms with van der Waals surface area (Å²) in [6.45, 7) is 0. The van der Waals surface area contributed by atoms with E-state index in [1.165, 1.54) is 23.5 Å². The van der Waals surface area contributed by atoms with Crippen LogP contribution in [0.1, 0.15) is 20.7 Å². The second-order valence-electron chi connectivity index (χ2n) is 5.86. The summed E-state index contributed by atoms with van der Waals surface area (Å²) >= 11 is 7.36. The fourth-order valence-corrected chi connectivity index (χ4v) is 3.74. The van der Waals surface area contributed by atoms with Crippen LogP contribution in [0.2, 0.25) is 0 Å². The van der Waals surface area contributed by atoms with Crippen LogP contribution in [0, 0.1) is 10.1 Å². The van der Waals surface area contributed by atoms with Crippen molar-refractivity contribution in [2.24, 2.45) is 0 Å². The maximum atomic E-state index is 12.7. The highest BCUT2D eigenvalue weighted by Gasteiger charge is 2.31. The number of thiazole rings is 1. The highest BCUT2D eigenvalue weighted by atomic mass is 35.5. The molecule has 4 rings (SSSR count). The number of fused-ring (bicyclic) bond motifs is 1. The number of aromatic nitrogens is 1. The Hall–Kier alpha value is -3.36. The third kappa shape index (κ3) is 3.08. The van der Waals surface area contributed by atoms with Crippen molar-refractivity contribution in [3.05, 3.63) is 85.9 Å². The van der Waals surface area contributed by atoms with Gasteiger partial charge in [0.15, 0.2) is 5.13 Å². The molecule has 1 heterocycles. The van der Waals surface area contributed by atoms with Crippen molar-refractivity contribution in [3.8, 4) is 11.3 Å². The van der Waals surface area contributed by atoms with E-state index in [1.54, 1.807) is 41.8 Å². The molecule has 0 aliphatic heterocycles. The molecule has 0 amide bonds. The molecular formula is C19H10ClN3O4S. The maximum absolute atomic E-state index is 12.7. The number of hydrogen-bond acceptors (Lipinski definition) is 7. The van der Waals surface area contributed by atoms with Crippen molar-refractivity contribution in [2.45, 2.75) is 0 Å². The number of carbonyl (C=O) groups is 2. The lowest BCUT2D eigenvalue weighted by molar-refractivity contribution is -0.384. The lowest BCUT2D eigenvalue weighted by atomic mass is 9.92. The van der Waals surface area contributed by atoms with Crippen molar-refractivity contribution in [3.63, 3.8) is 0 Å². The minimum Gasteiger partial charge on any atom is -0.327 e. The molecule has 138 valence electrons. The number of nitro benzene ring substituents is 1. The van der Waals surface area contributed by atoms with Crippen molar-refractivity contribution in [1.82, 2.24) is 4.98 Å². The van der Waals surface area contributed by atoms with Crippen LogP contribution in [0.4, 0.5) is 10.8 Å². The first-order chi connectivity index (χ1) is 13.5. The van der Waals surface area contributed by atoms with E-state index >= 15 is 0 Å². The quantitative estimate of drug-likeness (QED) is 0.494. The molecule has 0 bridgehead atoms. The number of nitrogens with zero attached hydrogens (tertiary/aromatic N) is 2. The third-order valence-electron chi connectivity index (χ3n) is 4.17. The molecule has 0 spiro atoms. The van der Waals surface area contributed by atoms with Crippen LogP contribution in [0.5, 0.6) is 0 Å². The molecule has 1 aromatic heterocycles. The highest BCUT2D eigenvalue weighted by molar-refractivity contribution is 7.14. The molecule has 3 aromatic rings. The summed E-state index contributed by atoms with van der Waals surface area (Å²) in [4.78, 5) is 39.8. The zero-order chi connectivity index (χ0) is 19.8. The Labute approximate surface area is 167 Å². The number of allylic oxidation sites excluding steroid dienone is 2. The minimum atomic E-state index is -0.476. The van der Waals surface area contributed by atoms with E-state index < -0.39 is 10.7 Å². The topological polar surface area (TPSA) is 102 Å². The highest BCUT2D eigenvalue weighted by Crippen LogP contribution is 2.32. The van der Waals surface area contributed by atoms with Gasteiger partial charge in [-0.25, -0.2) is 4.98 Å². The molecule has 1 aliphatic carbocycles. The number of nitrogens with one attached hydrogen (secondary N) is 1. The lowest BCUT2D eigenvalue weighted by Crippen LogP contribution is -2.24. The van der Waals surface area contributed by atoms with Crippen molar-refractivity contribution < 1.29 is 14.5 Å². The van der Waals surface area contributed by atoms with Gasteiger partial charge in [-0.05, 0) is 12.1 Å². The second kappa shape index (κ2) is 6.99. The van der Waals surface area contributed by atoms with Crippen LogP contribution < -0.4 is 5.32 Å². The first kappa shape index (κ1) is 18.0. The van der Waals surface area contributed by atoms with Crippen LogP contribution in [-0.2, 0) is 0 Å². The Morgan fingerprint density at radius 2 is 1.64 bits per heavy atom. The van der Waals surface area contributed by atoms with Gasteiger partial charge in [0.25, 0.3) is 5.69 Å². The number of nitro groups is 1. The van der Waals surface area contributed by atoms with E-state index in [0.717, 1.165) is 0 Å². The molecule has 1 N–H and O–H groups in total. The molecule has 0 saturated heterocycles. The Morgan fingerprint density at radius 3 is 2.29 bits per heavy atom. The van der Waals surface area contributed by atoms with E-state index in [9.17, 15) is 19.7 Å². The number of carbonyl (C=O) groups excluding carboxylic acids is 2. The number of rotatable bonds is 4. The molecule has 0 radical (unpaired) electrons. The molecule has 0 unspecified atom stereocenters. The smallest absolute Gasteiger partial charge is 0.269 e. The first-order valence-electron chi connectivity index (χ1n) is 8.01. The summed E-state index contributed by atoms with van der Waals surface area (Å²) in [6, 6.07) is 12.4. The summed E-state index contributed by atoms with van der Waals surface area (Å²) < 4.78 is 0. The molecule has 0 fully saturated rings. The largest absolute Gasteiger partial charge is 0.327 e. The zero-order valence-corrected chi connectivity index (χ0v) is 15.6. The molecular weight excluding hydrogens is 402 g/mol. The third-order valence-corrected chi connectivity index (χ3v) is 5.29. The lowest BCUT2D eigenvalue weighted by Gasteiger charge is -2.17. The predicted octanol–water partition coefficient (Wildman–Crippen LogP) is 4.66. The van der Waals surface area contributed by atoms with Crippen molar-refractivity contribution >= 4 is 45.3 Å². The van der Waals surface area contributed by atoms with Gasteiger partial charge in [0.05, 0.1) is 10.6 Å². The average Bonchev–Trinajstić information content (AvgIpc) is 3.18. The summed E-state index contributed by atoms with van der Waals surface area (Å²) in [6.07, 6.45) is 0. The van der Waals surface area contributed by atoms with Gasteiger partial charge in [-0.2, -0.15) is 0 Å². The number of halogens is 1. The molecule has 9 heteroatoms. The van der Waals surface area contributed by atoms with Gasteiger partial charge in [0, 0.05) is 34.2 Å². The van der Waals surface area contributed by atoms with Gasteiger partial charge in [-0.15, -0.1) is 11.3 Å². The fraction of sp³-hybridized carbons (Fsp3) is 0. The Bertz CT molecular complexity index is 1170. The van der Waals surface area contributed by atoms with Gasteiger partial charge in [-0.1, -0.05) is 35.9 Å². The van der Waals surface area contributed by atoms with Crippen LogP contribution >= 0.6 is 22.9 Å². The van der Waals surface area contributed by atoms with E-state index in [-0.39, 0.29) is 33.3 Å². The molecule has 28 heavy (non-hydrogen) atoms. The molecule has 7 nitrogen and oxygen atoms in total. The van der Waals surface area contributed by atoms with Crippen LogP contribution in [0.15, 0.2) is 64.6 Å². The van der Waals surface area contributed by atoms with Crippen LogP contribution in [0.25, 0.3) is 11.3 Å². The van der Waals surface area contributed by atoms with Crippen molar-refractivity contribution in [2.75, 3.05) is 5.32 Å². The second-order valence-corrected chi connectivity index (χ2v) is 7.10. The normalized spacial score (nSPS) is 13.5. The Kier molecular flexibility index (Phi) is 4.50. The van der Waals surface area contributed by atoms with E-state index in [0.29, 0.717) is 16.4 Å². The molecule has 0 atom stereocenters. The van der Waals surface area contributed by atoms with Gasteiger partial charge in [0.2, 0.25) is 11.6 Å². The number of non-ortho nitro benzene ring substituents is 1. The Balaban J connectivity index is 1.62. The average molecular weight is 412 g/mol. The summed E-state index contributed by atoms with van der Waals surface area (Å²) in [7, 11) is 0. The van der Waals surface area contributed by atoms with Crippen molar-refractivity contribution in [1.29, 1.82) is 0 Å². The monoisotopic (exact) mass is 411 g/mol. The fourth-order valence-electron chi connectivity index (χ4n) is 2.78. The standard InChI is InChI=1S/C19H10ClN3O4S/c20-15-16(18(25)13-4-2-1-3-12(13)17(15)24)22-19-21-14(9-28-19)10-5-7-11(8-6-10)23(26)27/h1-9H,(H,21,22). The van der Waals surface area contributed by atoms with Gasteiger partial charge in [-0.3, -0.25) is 19.7 Å². The summed E-state index contributed by atoms with van der Waals surface area (Å²) in [5.74, 6) is -0.807. The van der Waals surface area contributed by atoms with Gasteiger partial charge >= 0.3 is 0 Å². The van der Waals surface area contributed by atoms with Crippen LogP contribution in [0.3, 0.4) is 0 Å². The van der Waals surface area contributed by atoms with Gasteiger partial charge < -0.3 is 5.32 Å². The first-order valence-corrected chi connectivity index (χ1v) is 9.27. The van der Waals surface area contributed by atoms with E-state index in [1.807, 2.05) is 0 Å². The number of Topliss-reactive ketones (excluding diaryl/α,β-unsaturated/α-hetero) is 2. The SMILES string of the molecule is O=C1C(Cl)=C(Nc2nc(-c3ccc([N+](=O)[O-])cc3)cs2)C(=O)c2ccccc21. The Morgan fingerprint density at radius 1 is 1.00 bits per heavy atom. The van der Waals surface area contributed by atoms with E-state index in [2.05, 4.69) is 10.3 Å². The van der Waals surface area contributed by atoms with E-state index in [4.69, 9.17) is 11.6 Å². The number of benzene rings is 2. The molecule has 2 aromatic carbocycles. The number of ketones is 2. The minimum absolute atomic E-state index is 0.0146.